The van der Waals surface area contributed by atoms with Gasteiger partial charge in [0.05, 0.1) is 6.04 Å². The van der Waals surface area contributed by atoms with Crippen LogP contribution in [0.3, 0.4) is 0 Å². The molecule has 1 aromatic rings. The maximum atomic E-state index is 5.67. The van der Waals surface area contributed by atoms with E-state index in [9.17, 15) is 0 Å². The molecule has 0 saturated heterocycles. The lowest BCUT2D eigenvalue weighted by Crippen LogP contribution is -2.27. The Kier molecular flexibility index (Phi) is 5.19. The van der Waals surface area contributed by atoms with Crippen molar-refractivity contribution in [1.82, 2.24) is 15.5 Å². The number of hydrogen-bond acceptors (Lipinski definition) is 5. The predicted octanol–water partition coefficient (Wildman–Crippen LogP) is 3.12. The van der Waals surface area contributed by atoms with E-state index in [-0.39, 0.29) is 6.04 Å². The first-order valence-corrected chi connectivity index (χ1v) is 7.56. The van der Waals surface area contributed by atoms with Gasteiger partial charge in [0.2, 0.25) is 5.89 Å². The molecule has 0 bridgehead atoms. The fraction of sp³-hybridized carbons (Fsp3) is 0.857. The van der Waals surface area contributed by atoms with Crippen LogP contribution in [0.25, 0.3) is 0 Å². The van der Waals surface area contributed by atoms with E-state index in [1.807, 2.05) is 6.92 Å². The Morgan fingerprint density at radius 2 is 2.16 bits per heavy atom. The van der Waals surface area contributed by atoms with E-state index >= 15 is 0 Å². The third-order valence-electron chi connectivity index (χ3n) is 4.01. The molecule has 3 unspecified atom stereocenters. The predicted molar refractivity (Wildman–Crippen MR) is 76.0 cm³/mol. The fourth-order valence-electron chi connectivity index (χ4n) is 2.83. The van der Waals surface area contributed by atoms with Crippen LogP contribution < -0.4 is 10.6 Å². The Morgan fingerprint density at radius 1 is 1.32 bits per heavy atom. The van der Waals surface area contributed by atoms with Crippen molar-refractivity contribution >= 4 is 6.01 Å². The van der Waals surface area contributed by atoms with Gasteiger partial charge in [0, 0.05) is 6.04 Å². The van der Waals surface area contributed by atoms with Crippen molar-refractivity contribution in [2.45, 2.75) is 65.0 Å². The van der Waals surface area contributed by atoms with Crippen LogP contribution in [0.5, 0.6) is 0 Å². The number of nitrogens with one attached hydrogen (secondary N) is 2. The Balaban J connectivity index is 1.88. The van der Waals surface area contributed by atoms with Crippen LogP contribution in [0.4, 0.5) is 6.01 Å². The molecule has 3 atom stereocenters. The topological polar surface area (TPSA) is 63.0 Å². The monoisotopic (exact) mass is 266 g/mol. The molecule has 5 nitrogen and oxygen atoms in total. The largest absolute Gasteiger partial charge is 0.406 e. The molecular weight excluding hydrogens is 240 g/mol. The van der Waals surface area contributed by atoms with Gasteiger partial charge in [-0.15, -0.1) is 5.10 Å². The van der Waals surface area contributed by atoms with E-state index < -0.39 is 0 Å². The Hall–Kier alpha value is -1.10. The van der Waals surface area contributed by atoms with Crippen molar-refractivity contribution in [1.29, 1.82) is 0 Å². The number of anilines is 1. The van der Waals surface area contributed by atoms with Gasteiger partial charge in [-0.2, -0.15) is 0 Å². The van der Waals surface area contributed by atoms with Crippen molar-refractivity contribution < 1.29 is 4.42 Å². The SMILES string of the molecule is CCNC(C)c1nnc(NC2CCCC(CC)C2)o1. The van der Waals surface area contributed by atoms with Crippen LogP contribution in [0, 0.1) is 5.92 Å². The zero-order valence-corrected chi connectivity index (χ0v) is 12.3. The number of aromatic nitrogens is 2. The Labute approximate surface area is 115 Å². The molecule has 2 N–H and O–H groups in total. The molecule has 2 rings (SSSR count). The third kappa shape index (κ3) is 3.93. The van der Waals surface area contributed by atoms with Gasteiger partial charge in [-0.25, -0.2) is 0 Å². The summed E-state index contributed by atoms with van der Waals surface area (Å²) >= 11 is 0. The summed E-state index contributed by atoms with van der Waals surface area (Å²) in [6, 6.07) is 1.17. The van der Waals surface area contributed by atoms with Gasteiger partial charge >= 0.3 is 6.01 Å². The molecule has 19 heavy (non-hydrogen) atoms. The first kappa shape index (κ1) is 14.3. The molecule has 108 valence electrons. The molecule has 1 aliphatic rings. The van der Waals surface area contributed by atoms with E-state index in [1.165, 1.54) is 32.1 Å². The summed E-state index contributed by atoms with van der Waals surface area (Å²) in [5.41, 5.74) is 0. The van der Waals surface area contributed by atoms with Gasteiger partial charge in [-0.05, 0) is 32.2 Å². The average Bonchev–Trinajstić information content (AvgIpc) is 2.88. The van der Waals surface area contributed by atoms with Crippen LogP contribution >= 0.6 is 0 Å². The van der Waals surface area contributed by atoms with Crippen LogP contribution in [0.1, 0.15) is 64.8 Å². The normalized spacial score (nSPS) is 25.2. The smallest absolute Gasteiger partial charge is 0.315 e. The summed E-state index contributed by atoms with van der Waals surface area (Å²) in [7, 11) is 0. The minimum absolute atomic E-state index is 0.114. The van der Waals surface area contributed by atoms with E-state index in [0.717, 1.165) is 12.5 Å². The molecule has 0 spiro atoms. The van der Waals surface area contributed by atoms with E-state index in [4.69, 9.17) is 4.42 Å². The zero-order valence-electron chi connectivity index (χ0n) is 12.3. The molecule has 5 heteroatoms. The van der Waals surface area contributed by atoms with Crippen molar-refractivity contribution in [3.05, 3.63) is 5.89 Å². The lowest BCUT2D eigenvalue weighted by Gasteiger charge is -2.28. The highest BCUT2D eigenvalue weighted by molar-refractivity contribution is 5.20. The highest BCUT2D eigenvalue weighted by Crippen LogP contribution is 2.28. The van der Waals surface area contributed by atoms with Gasteiger partial charge in [-0.3, -0.25) is 0 Å². The molecule has 1 heterocycles. The van der Waals surface area contributed by atoms with E-state index in [1.54, 1.807) is 0 Å². The molecule has 1 saturated carbocycles. The van der Waals surface area contributed by atoms with Crippen molar-refractivity contribution in [3.8, 4) is 0 Å². The standard InChI is InChI=1S/C14H26N4O/c1-4-11-7-6-8-12(9-11)16-14-18-17-13(19-14)10(3)15-5-2/h10-12,15H,4-9H2,1-3H3,(H,16,18). The molecule has 1 aliphatic carbocycles. The first-order chi connectivity index (χ1) is 9.22. The van der Waals surface area contributed by atoms with Crippen LogP contribution in [0.2, 0.25) is 0 Å². The third-order valence-corrected chi connectivity index (χ3v) is 4.01. The van der Waals surface area contributed by atoms with Crippen molar-refractivity contribution in [2.24, 2.45) is 5.92 Å². The lowest BCUT2D eigenvalue weighted by molar-refractivity contribution is 0.322. The molecule has 1 fully saturated rings. The average molecular weight is 266 g/mol. The Morgan fingerprint density at radius 3 is 2.89 bits per heavy atom. The summed E-state index contributed by atoms with van der Waals surface area (Å²) in [5, 5.41) is 14.9. The summed E-state index contributed by atoms with van der Waals surface area (Å²) in [6.45, 7) is 7.27. The molecule has 0 radical (unpaired) electrons. The molecule has 0 aromatic carbocycles. The summed E-state index contributed by atoms with van der Waals surface area (Å²) in [4.78, 5) is 0. The van der Waals surface area contributed by atoms with Gasteiger partial charge in [0.25, 0.3) is 0 Å². The number of nitrogens with zero attached hydrogens (tertiary/aromatic N) is 2. The second-order valence-electron chi connectivity index (χ2n) is 5.51. The quantitative estimate of drug-likeness (QED) is 0.828. The van der Waals surface area contributed by atoms with Gasteiger partial charge in [0.15, 0.2) is 0 Å². The van der Waals surface area contributed by atoms with Gasteiger partial charge in [-0.1, -0.05) is 38.2 Å². The first-order valence-electron chi connectivity index (χ1n) is 7.56. The number of hydrogen-bond donors (Lipinski definition) is 2. The number of rotatable bonds is 6. The summed E-state index contributed by atoms with van der Waals surface area (Å²) < 4.78 is 5.67. The maximum Gasteiger partial charge on any atom is 0.315 e. The van der Waals surface area contributed by atoms with Crippen LogP contribution in [-0.4, -0.2) is 22.8 Å². The minimum Gasteiger partial charge on any atom is -0.406 e. The van der Waals surface area contributed by atoms with Crippen molar-refractivity contribution in [2.75, 3.05) is 11.9 Å². The molecule has 1 aromatic heterocycles. The zero-order chi connectivity index (χ0) is 13.7. The van der Waals surface area contributed by atoms with Gasteiger partial charge < -0.3 is 15.1 Å². The molecule has 0 amide bonds. The second-order valence-corrected chi connectivity index (χ2v) is 5.51. The lowest BCUT2D eigenvalue weighted by atomic mass is 9.84. The fourth-order valence-corrected chi connectivity index (χ4v) is 2.83. The summed E-state index contributed by atoms with van der Waals surface area (Å²) in [5.74, 6) is 1.50. The van der Waals surface area contributed by atoms with Crippen LogP contribution in [-0.2, 0) is 0 Å². The second kappa shape index (κ2) is 6.89. The Bertz CT molecular complexity index is 379. The van der Waals surface area contributed by atoms with E-state index in [0.29, 0.717) is 17.9 Å². The maximum absolute atomic E-state index is 5.67. The molecule has 0 aliphatic heterocycles. The molecular formula is C14H26N4O. The highest BCUT2D eigenvalue weighted by atomic mass is 16.4. The van der Waals surface area contributed by atoms with Crippen molar-refractivity contribution in [3.63, 3.8) is 0 Å². The van der Waals surface area contributed by atoms with Gasteiger partial charge in [0.1, 0.15) is 0 Å². The minimum atomic E-state index is 0.114. The van der Waals surface area contributed by atoms with E-state index in [2.05, 4.69) is 34.7 Å². The summed E-state index contributed by atoms with van der Waals surface area (Å²) in [6.07, 6.45) is 6.35. The van der Waals surface area contributed by atoms with Crippen LogP contribution in [0.15, 0.2) is 4.42 Å². The highest BCUT2D eigenvalue weighted by Gasteiger charge is 2.22.